The molecule has 0 aromatic carbocycles. The molecule has 0 aromatic heterocycles. The molecule has 1 fully saturated rings. The van der Waals surface area contributed by atoms with Crippen LogP contribution >= 0.6 is 0 Å². The lowest BCUT2D eigenvalue weighted by atomic mass is 10.2. The van der Waals surface area contributed by atoms with Gasteiger partial charge in [0, 0.05) is 20.1 Å². The molecule has 17 heavy (non-hydrogen) atoms. The van der Waals surface area contributed by atoms with E-state index in [0.717, 1.165) is 19.4 Å². The number of urea groups is 1. The Labute approximate surface area is 102 Å². The Morgan fingerprint density at radius 2 is 2.24 bits per heavy atom. The van der Waals surface area contributed by atoms with Crippen LogP contribution in [0.2, 0.25) is 0 Å². The van der Waals surface area contributed by atoms with E-state index in [2.05, 4.69) is 5.32 Å². The second-order valence-corrected chi connectivity index (χ2v) is 4.35. The standard InChI is InChI=1S/C11H21N3O3/c1-12-6-4-7-13(2)11(17)14-8-3-5-9(14)10(15)16/h9,12H,3-8H2,1-2H3,(H,15,16)/t9-/m0/s1. The van der Waals surface area contributed by atoms with Gasteiger partial charge in [-0.15, -0.1) is 0 Å². The summed E-state index contributed by atoms with van der Waals surface area (Å²) >= 11 is 0. The monoisotopic (exact) mass is 243 g/mol. The van der Waals surface area contributed by atoms with Gasteiger partial charge in [-0.1, -0.05) is 0 Å². The highest BCUT2D eigenvalue weighted by Gasteiger charge is 2.35. The van der Waals surface area contributed by atoms with Crippen molar-refractivity contribution in [3.8, 4) is 0 Å². The topological polar surface area (TPSA) is 72.9 Å². The normalized spacial score (nSPS) is 19.4. The molecule has 1 aliphatic heterocycles. The largest absolute Gasteiger partial charge is 0.480 e. The number of amides is 2. The number of carbonyl (C=O) groups is 2. The number of carbonyl (C=O) groups excluding carboxylic acids is 1. The van der Waals surface area contributed by atoms with E-state index in [1.54, 1.807) is 11.9 Å². The summed E-state index contributed by atoms with van der Waals surface area (Å²) in [5, 5.41) is 12.0. The van der Waals surface area contributed by atoms with Crippen molar-refractivity contribution in [2.24, 2.45) is 0 Å². The van der Waals surface area contributed by atoms with Crippen LogP contribution in [-0.4, -0.2) is 66.7 Å². The maximum atomic E-state index is 12.0. The zero-order chi connectivity index (χ0) is 12.8. The number of nitrogens with zero attached hydrogens (tertiary/aromatic N) is 2. The first-order chi connectivity index (χ1) is 8.07. The third kappa shape index (κ3) is 3.59. The van der Waals surface area contributed by atoms with Crippen molar-refractivity contribution in [1.82, 2.24) is 15.1 Å². The quantitative estimate of drug-likeness (QED) is 0.676. The van der Waals surface area contributed by atoms with E-state index < -0.39 is 12.0 Å². The molecule has 1 rings (SSSR count). The highest BCUT2D eigenvalue weighted by molar-refractivity contribution is 5.83. The molecule has 2 amide bonds. The average Bonchev–Trinajstić information content (AvgIpc) is 2.77. The minimum atomic E-state index is -0.903. The Balaban J connectivity index is 2.47. The van der Waals surface area contributed by atoms with Crippen LogP contribution in [0, 0.1) is 0 Å². The van der Waals surface area contributed by atoms with Crippen molar-refractivity contribution in [3.63, 3.8) is 0 Å². The van der Waals surface area contributed by atoms with Gasteiger partial charge in [-0.25, -0.2) is 9.59 Å². The Kier molecular flexibility index (Phi) is 5.21. The van der Waals surface area contributed by atoms with Gasteiger partial charge in [0.05, 0.1) is 0 Å². The van der Waals surface area contributed by atoms with E-state index >= 15 is 0 Å². The van der Waals surface area contributed by atoms with E-state index in [1.165, 1.54) is 4.90 Å². The summed E-state index contributed by atoms with van der Waals surface area (Å²) in [5.74, 6) is -0.903. The molecule has 0 aromatic rings. The van der Waals surface area contributed by atoms with E-state index in [-0.39, 0.29) is 6.03 Å². The number of aliphatic carboxylic acids is 1. The van der Waals surface area contributed by atoms with Crippen molar-refractivity contribution in [1.29, 1.82) is 0 Å². The second-order valence-electron chi connectivity index (χ2n) is 4.35. The van der Waals surface area contributed by atoms with Crippen LogP contribution in [0.25, 0.3) is 0 Å². The summed E-state index contributed by atoms with van der Waals surface area (Å²) in [6.07, 6.45) is 2.20. The van der Waals surface area contributed by atoms with Gasteiger partial charge in [-0.3, -0.25) is 0 Å². The fraction of sp³-hybridized carbons (Fsp3) is 0.818. The predicted molar refractivity (Wildman–Crippen MR) is 63.9 cm³/mol. The second kappa shape index (κ2) is 6.44. The Morgan fingerprint density at radius 1 is 1.53 bits per heavy atom. The Hall–Kier alpha value is -1.30. The van der Waals surface area contributed by atoms with Crippen molar-refractivity contribution in [2.45, 2.75) is 25.3 Å². The number of carboxylic acids is 1. The number of carboxylic acid groups (broad SMARTS) is 1. The molecule has 1 heterocycles. The summed E-state index contributed by atoms with van der Waals surface area (Å²) < 4.78 is 0. The Bertz CT molecular complexity index is 283. The molecule has 2 N–H and O–H groups in total. The van der Waals surface area contributed by atoms with Crippen molar-refractivity contribution in [3.05, 3.63) is 0 Å². The predicted octanol–water partition coefficient (Wildman–Crippen LogP) is 0.197. The van der Waals surface area contributed by atoms with E-state index in [4.69, 9.17) is 5.11 Å². The van der Waals surface area contributed by atoms with Crippen molar-refractivity contribution in [2.75, 3.05) is 33.7 Å². The third-order valence-electron chi connectivity index (χ3n) is 3.03. The first-order valence-corrected chi connectivity index (χ1v) is 5.97. The lowest BCUT2D eigenvalue weighted by Crippen LogP contribution is -2.47. The lowest BCUT2D eigenvalue weighted by molar-refractivity contribution is -0.141. The first kappa shape index (κ1) is 13.8. The van der Waals surface area contributed by atoms with Gasteiger partial charge in [-0.2, -0.15) is 0 Å². The molecule has 6 heteroatoms. The number of hydrogen-bond acceptors (Lipinski definition) is 3. The van der Waals surface area contributed by atoms with Crippen LogP contribution in [0.1, 0.15) is 19.3 Å². The number of rotatable bonds is 5. The van der Waals surface area contributed by atoms with Gasteiger partial charge in [-0.05, 0) is 32.9 Å². The van der Waals surface area contributed by atoms with Crippen LogP contribution in [0.5, 0.6) is 0 Å². The van der Waals surface area contributed by atoms with E-state index in [9.17, 15) is 9.59 Å². The number of nitrogens with one attached hydrogen (secondary N) is 1. The fourth-order valence-corrected chi connectivity index (χ4v) is 2.06. The molecular formula is C11H21N3O3. The minimum Gasteiger partial charge on any atom is -0.480 e. The van der Waals surface area contributed by atoms with Crippen LogP contribution in [0.15, 0.2) is 0 Å². The molecule has 6 nitrogen and oxygen atoms in total. The first-order valence-electron chi connectivity index (χ1n) is 5.97. The molecule has 1 atom stereocenters. The number of hydrogen-bond donors (Lipinski definition) is 2. The third-order valence-corrected chi connectivity index (χ3v) is 3.03. The molecule has 1 aliphatic rings. The highest BCUT2D eigenvalue weighted by Crippen LogP contribution is 2.18. The van der Waals surface area contributed by atoms with Gasteiger partial charge in [0.2, 0.25) is 0 Å². The molecule has 0 unspecified atom stereocenters. The molecule has 0 aliphatic carbocycles. The van der Waals surface area contributed by atoms with Gasteiger partial charge in [0.1, 0.15) is 6.04 Å². The van der Waals surface area contributed by atoms with E-state index in [0.29, 0.717) is 19.5 Å². The van der Waals surface area contributed by atoms with Crippen molar-refractivity contribution < 1.29 is 14.7 Å². The average molecular weight is 243 g/mol. The molecule has 1 saturated heterocycles. The van der Waals surface area contributed by atoms with Gasteiger partial charge in [0.15, 0.2) is 0 Å². The smallest absolute Gasteiger partial charge is 0.326 e. The summed E-state index contributed by atoms with van der Waals surface area (Å²) in [5.41, 5.74) is 0. The zero-order valence-corrected chi connectivity index (χ0v) is 10.5. The summed E-state index contributed by atoms with van der Waals surface area (Å²) in [4.78, 5) is 26.1. The summed E-state index contributed by atoms with van der Waals surface area (Å²) in [6, 6.07) is -0.819. The SMILES string of the molecule is CNCCCN(C)C(=O)N1CCC[C@H]1C(=O)O. The molecule has 0 radical (unpaired) electrons. The zero-order valence-electron chi connectivity index (χ0n) is 10.5. The molecule has 0 saturated carbocycles. The summed E-state index contributed by atoms with van der Waals surface area (Å²) in [6.45, 7) is 2.04. The van der Waals surface area contributed by atoms with Crippen LogP contribution in [-0.2, 0) is 4.79 Å². The molecular weight excluding hydrogens is 222 g/mol. The van der Waals surface area contributed by atoms with Crippen LogP contribution < -0.4 is 5.32 Å². The number of likely N-dealkylation sites (tertiary alicyclic amines) is 1. The summed E-state index contributed by atoms with van der Waals surface area (Å²) in [7, 11) is 3.58. The van der Waals surface area contributed by atoms with Crippen LogP contribution in [0.3, 0.4) is 0 Å². The maximum absolute atomic E-state index is 12.0. The lowest BCUT2D eigenvalue weighted by Gasteiger charge is -2.27. The van der Waals surface area contributed by atoms with E-state index in [1.807, 2.05) is 7.05 Å². The van der Waals surface area contributed by atoms with Gasteiger partial charge < -0.3 is 20.2 Å². The fourth-order valence-electron chi connectivity index (χ4n) is 2.06. The molecule has 0 spiro atoms. The molecule has 98 valence electrons. The van der Waals surface area contributed by atoms with Gasteiger partial charge >= 0.3 is 12.0 Å². The highest BCUT2D eigenvalue weighted by atomic mass is 16.4. The minimum absolute atomic E-state index is 0.175. The van der Waals surface area contributed by atoms with Crippen LogP contribution in [0.4, 0.5) is 4.79 Å². The maximum Gasteiger partial charge on any atom is 0.326 e. The Morgan fingerprint density at radius 3 is 2.82 bits per heavy atom. The van der Waals surface area contributed by atoms with Gasteiger partial charge in [0.25, 0.3) is 0 Å². The van der Waals surface area contributed by atoms with Crippen molar-refractivity contribution >= 4 is 12.0 Å². The molecule has 0 bridgehead atoms.